The number of likely N-dealkylation sites (tertiary alicyclic amines) is 2. The second-order valence-electron chi connectivity index (χ2n) is 15.5. The van der Waals surface area contributed by atoms with Crippen molar-refractivity contribution in [3.8, 4) is 5.75 Å². The molecule has 294 valence electrons. The maximum absolute atomic E-state index is 15.4. The number of aromatic hydroxyl groups is 1. The van der Waals surface area contributed by atoms with Crippen molar-refractivity contribution in [1.82, 2.24) is 9.80 Å². The zero-order chi connectivity index (χ0) is 40.3. The van der Waals surface area contributed by atoms with Gasteiger partial charge in [0.15, 0.2) is 33.0 Å². The Morgan fingerprint density at radius 1 is 0.737 bits per heavy atom. The van der Waals surface area contributed by atoms with Crippen LogP contribution in [0.15, 0.2) is 78.4 Å². The zero-order valence-corrected chi connectivity index (χ0v) is 31.3. The molecule has 6 atom stereocenters. The minimum atomic E-state index is -2.74. The lowest BCUT2D eigenvalue weighted by atomic mass is 9.56. The Balaban J connectivity index is 1.14. The monoisotopic (exact) mass is 823 g/mol. The third kappa shape index (κ3) is 5.20. The number of hydrogen-bond acceptors (Lipinski definition) is 6. The largest absolute Gasteiger partial charge is 0.507 e. The van der Waals surface area contributed by atoms with Crippen molar-refractivity contribution in [1.29, 1.82) is 0 Å². The third-order valence-corrected chi connectivity index (χ3v) is 14.1. The minimum absolute atomic E-state index is 0.0149. The molecule has 0 radical (unpaired) electrons. The molecule has 4 fully saturated rings. The van der Waals surface area contributed by atoms with Gasteiger partial charge in [-0.05, 0) is 42.6 Å². The van der Waals surface area contributed by atoms with Crippen LogP contribution in [0.5, 0.6) is 5.75 Å². The number of carbonyl (C=O) groups excluding carboxylic acids is 4. The van der Waals surface area contributed by atoms with Gasteiger partial charge in [0.05, 0.1) is 11.8 Å². The molecule has 9 rings (SSSR count). The Morgan fingerprint density at radius 2 is 1.37 bits per heavy atom. The van der Waals surface area contributed by atoms with E-state index in [0.29, 0.717) is 43.2 Å². The smallest absolute Gasteiger partial charge is 0.258 e. The number of phenolic OH excluding ortho intramolecular Hbond substituents is 1. The SMILES string of the molecule is O=C1C2CC=C3C(CC4(Cl)C(=O)N(c5c(F)c(F)c(F)c(F)c5F)C(=O)C4(Cl)C3c3ccc4ccccc4c3O)C2C(=O)N1C1CCN(Cc2ccccc2)CC1. The molecule has 15 heteroatoms. The predicted molar refractivity (Wildman–Crippen MR) is 199 cm³/mol. The van der Waals surface area contributed by atoms with Crippen molar-refractivity contribution >= 4 is 63.3 Å². The van der Waals surface area contributed by atoms with E-state index in [0.717, 1.165) is 5.56 Å². The van der Waals surface area contributed by atoms with Crippen molar-refractivity contribution in [2.24, 2.45) is 17.8 Å². The molecule has 3 aliphatic heterocycles. The highest BCUT2D eigenvalue weighted by Crippen LogP contribution is 2.67. The first-order chi connectivity index (χ1) is 27.2. The number of allylic oxidation sites excluding steroid dienone is 2. The summed E-state index contributed by atoms with van der Waals surface area (Å²) >= 11 is 14.5. The number of halogens is 7. The Kier molecular flexibility index (Phi) is 8.83. The highest BCUT2D eigenvalue weighted by molar-refractivity contribution is 6.58. The van der Waals surface area contributed by atoms with Gasteiger partial charge in [-0.2, -0.15) is 0 Å². The van der Waals surface area contributed by atoms with Crippen LogP contribution in [0.3, 0.4) is 0 Å². The van der Waals surface area contributed by atoms with Crippen LogP contribution < -0.4 is 4.90 Å². The lowest BCUT2D eigenvalue weighted by molar-refractivity contribution is -0.144. The summed E-state index contributed by atoms with van der Waals surface area (Å²) in [5.41, 5.74) is -0.497. The lowest BCUT2D eigenvalue weighted by Gasteiger charge is -2.50. The number of hydrogen-bond donors (Lipinski definition) is 1. The molecular weight excluding hydrogens is 792 g/mol. The molecule has 1 N–H and O–H groups in total. The quantitative estimate of drug-likeness (QED) is 0.0561. The number of fused-ring (bicyclic) bond motifs is 5. The lowest BCUT2D eigenvalue weighted by Crippen LogP contribution is -2.60. The molecule has 0 bridgehead atoms. The number of imide groups is 2. The van der Waals surface area contributed by atoms with Gasteiger partial charge in [-0.25, -0.2) is 26.9 Å². The maximum atomic E-state index is 15.4. The number of phenols is 1. The number of alkyl halides is 2. The van der Waals surface area contributed by atoms with Gasteiger partial charge in [-0.1, -0.05) is 78.4 Å². The van der Waals surface area contributed by atoms with E-state index in [9.17, 15) is 37.5 Å². The van der Waals surface area contributed by atoms with Gasteiger partial charge in [0.25, 0.3) is 11.8 Å². The van der Waals surface area contributed by atoms with E-state index >= 15 is 8.78 Å². The molecule has 3 saturated heterocycles. The van der Waals surface area contributed by atoms with Crippen LogP contribution >= 0.6 is 23.2 Å². The molecule has 57 heavy (non-hydrogen) atoms. The van der Waals surface area contributed by atoms with E-state index in [1.54, 1.807) is 36.4 Å². The number of amides is 4. The fourth-order valence-corrected chi connectivity index (χ4v) is 10.9. The van der Waals surface area contributed by atoms with Crippen molar-refractivity contribution < 1.29 is 46.2 Å². The minimum Gasteiger partial charge on any atom is -0.507 e. The summed E-state index contributed by atoms with van der Waals surface area (Å²) in [7, 11) is 0. The summed E-state index contributed by atoms with van der Waals surface area (Å²) in [6.07, 6.45) is 2.05. The fraction of sp³-hybridized carbons (Fsp3) is 0.333. The molecule has 4 aromatic rings. The summed E-state index contributed by atoms with van der Waals surface area (Å²) in [6, 6.07) is 19.2. The first-order valence-corrected chi connectivity index (χ1v) is 19.3. The molecule has 5 aliphatic rings. The van der Waals surface area contributed by atoms with Gasteiger partial charge in [-0.3, -0.25) is 29.0 Å². The average Bonchev–Trinajstić information content (AvgIpc) is 3.55. The van der Waals surface area contributed by atoms with Crippen molar-refractivity contribution in [3.63, 3.8) is 0 Å². The molecule has 4 amide bonds. The number of benzene rings is 4. The Morgan fingerprint density at radius 3 is 2.05 bits per heavy atom. The molecule has 6 unspecified atom stereocenters. The van der Waals surface area contributed by atoms with Gasteiger partial charge < -0.3 is 5.11 Å². The normalized spacial score (nSPS) is 29.2. The van der Waals surface area contributed by atoms with Gasteiger partial charge in [0, 0.05) is 42.5 Å². The fourth-order valence-electron chi connectivity index (χ4n) is 9.98. The number of anilines is 1. The molecule has 0 spiro atoms. The molecule has 3 heterocycles. The third-order valence-electron chi connectivity index (χ3n) is 12.7. The van der Waals surface area contributed by atoms with Crippen molar-refractivity contribution in [2.75, 3.05) is 18.0 Å². The highest BCUT2D eigenvalue weighted by atomic mass is 35.5. The zero-order valence-electron chi connectivity index (χ0n) is 29.8. The van der Waals surface area contributed by atoms with Gasteiger partial charge in [0.1, 0.15) is 11.4 Å². The maximum Gasteiger partial charge on any atom is 0.258 e. The molecule has 1 saturated carbocycles. The van der Waals surface area contributed by atoms with E-state index in [1.165, 1.54) is 11.0 Å². The van der Waals surface area contributed by atoms with E-state index in [-0.39, 0.29) is 28.2 Å². The second-order valence-corrected chi connectivity index (χ2v) is 16.7. The van der Waals surface area contributed by atoms with Gasteiger partial charge >= 0.3 is 0 Å². The van der Waals surface area contributed by atoms with Gasteiger partial charge in [-0.15, -0.1) is 23.2 Å². The summed E-state index contributed by atoms with van der Waals surface area (Å²) in [5.74, 6) is -21.4. The first kappa shape index (κ1) is 37.7. The summed E-state index contributed by atoms with van der Waals surface area (Å²) in [5, 5.41) is 12.7. The average molecular weight is 825 g/mol. The molecule has 4 aromatic carbocycles. The van der Waals surface area contributed by atoms with Crippen molar-refractivity contribution in [3.05, 3.63) is 119 Å². The van der Waals surface area contributed by atoms with E-state index < -0.39 is 104 Å². The van der Waals surface area contributed by atoms with Crippen LogP contribution in [-0.4, -0.2) is 67.4 Å². The molecular formula is C42H32Cl2F5N3O5. The Hall–Kier alpha value is -4.85. The van der Waals surface area contributed by atoms with Crippen LogP contribution in [-0.2, 0) is 25.7 Å². The van der Waals surface area contributed by atoms with Crippen LogP contribution in [0, 0.1) is 46.8 Å². The number of nitrogens with zero attached hydrogens (tertiary/aromatic N) is 3. The summed E-state index contributed by atoms with van der Waals surface area (Å²) < 4.78 is 74.2. The molecule has 0 aromatic heterocycles. The Labute approximate surface area is 332 Å². The topological polar surface area (TPSA) is 98.2 Å². The standard InChI is InChI=1S/C42H32Cl2F5N3O5/c43-41-18-27-24(12-13-25-28(27)38(55)51(37(25)54)22-14-16-50(17-15-22)19-20-6-2-1-3-7-20)29(26-11-10-21-8-4-5-9-23(21)36(26)53)42(41,44)40(57)52(39(41)56)35-33(48)31(46)30(45)32(47)34(35)49/h1-12,22,25,27-29,53H,13-19H2. The van der Waals surface area contributed by atoms with E-state index in [4.69, 9.17) is 23.2 Å². The number of piperidine rings is 1. The predicted octanol–water partition coefficient (Wildman–Crippen LogP) is 7.47. The summed E-state index contributed by atoms with van der Waals surface area (Å²) in [6.45, 7) is 1.93. The van der Waals surface area contributed by atoms with Crippen LogP contribution in [0.2, 0.25) is 0 Å². The summed E-state index contributed by atoms with van der Waals surface area (Å²) in [4.78, 5) is 55.9. The van der Waals surface area contributed by atoms with Crippen LogP contribution in [0.1, 0.15) is 42.7 Å². The van der Waals surface area contributed by atoms with Gasteiger partial charge in [0.2, 0.25) is 17.6 Å². The van der Waals surface area contributed by atoms with Crippen LogP contribution in [0.4, 0.5) is 27.6 Å². The molecule has 2 aliphatic carbocycles. The second kappa shape index (κ2) is 13.4. The number of carbonyl (C=O) groups is 4. The van der Waals surface area contributed by atoms with Crippen molar-refractivity contribution in [2.45, 2.75) is 53.9 Å². The van der Waals surface area contributed by atoms with E-state index in [1.807, 2.05) is 30.3 Å². The highest BCUT2D eigenvalue weighted by Gasteiger charge is 2.77. The molecule has 8 nitrogen and oxygen atoms in total. The number of rotatable bonds is 5. The van der Waals surface area contributed by atoms with E-state index in [2.05, 4.69) is 4.90 Å². The first-order valence-electron chi connectivity index (χ1n) is 18.5. The van der Waals surface area contributed by atoms with Crippen LogP contribution in [0.25, 0.3) is 10.8 Å². The Bertz CT molecular complexity index is 2430.